The second kappa shape index (κ2) is 9.00. The standard InChI is InChI=1S/C24H27N3O/c28-24(25-22-10-2-1-3-11-22)13-14-26-15-17-27(18-16-26)19-21-9-6-8-20-7-4-5-12-23(20)21/h1-12H,13-19H2,(H,25,28)/p+2. The van der Waals surface area contributed by atoms with E-state index in [4.69, 9.17) is 0 Å². The van der Waals surface area contributed by atoms with Crippen molar-refractivity contribution in [2.24, 2.45) is 0 Å². The maximum Gasteiger partial charge on any atom is 0.230 e. The summed E-state index contributed by atoms with van der Waals surface area (Å²) in [7, 11) is 0. The quantitative estimate of drug-likeness (QED) is 0.594. The van der Waals surface area contributed by atoms with Gasteiger partial charge < -0.3 is 15.1 Å². The zero-order valence-electron chi connectivity index (χ0n) is 16.3. The number of nitrogens with one attached hydrogen (secondary N) is 3. The van der Waals surface area contributed by atoms with Crippen LogP contribution in [0.4, 0.5) is 5.69 Å². The van der Waals surface area contributed by atoms with Gasteiger partial charge in [0.15, 0.2) is 0 Å². The van der Waals surface area contributed by atoms with Crippen molar-refractivity contribution in [2.75, 3.05) is 38.0 Å². The number of amides is 1. The first-order valence-electron chi connectivity index (χ1n) is 10.3. The van der Waals surface area contributed by atoms with E-state index in [1.165, 1.54) is 29.4 Å². The lowest BCUT2D eigenvalue weighted by molar-refractivity contribution is -1.02. The van der Waals surface area contributed by atoms with Crippen LogP contribution in [0.25, 0.3) is 10.8 Å². The Labute approximate surface area is 166 Å². The van der Waals surface area contributed by atoms with Crippen LogP contribution >= 0.6 is 0 Å². The highest BCUT2D eigenvalue weighted by molar-refractivity contribution is 5.90. The van der Waals surface area contributed by atoms with Crippen molar-refractivity contribution in [3.05, 3.63) is 78.4 Å². The van der Waals surface area contributed by atoms with Gasteiger partial charge in [-0.15, -0.1) is 0 Å². The summed E-state index contributed by atoms with van der Waals surface area (Å²) in [6.45, 7) is 6.61. The summed E-state index contributed by atoms with van der Waals surface area (Å²) in [5.74, 6) is 0.115. The van der Waals surface area contributed by atoms with E-state index in [9.17, 15) is 4.79 Å². The van der Waals surface area contributed by atoms with Gasteiger partial charge in [0.05, 0.1) is 13.0 Å². The zero-order chi connectivity index (χ0) is 19.2. The molecule has 0 spiro atoms. The molecule has 144 valence electrons. The smallest absolute Gasteiger partial charge is 0.230 e. The molecule has 3 aromatic carbocycles. The number of anilines is 1. The highest BCUT2D eigenvalue weighted by Gasteiger charge is 2.23. The minimum absolute atomic E-state index is 0.115. The van der Waals surface area contributed by atoms with Gasteiger partial charge in [-0.1, -0.05) is 60.7 Å². The second-order valence-electron chi connectivity index (χ2n) is 7.73. The Morgan fingerprint density at radius 3 is 2.29 bits per heavy atom. The molecule has 4 nitrogen and oxygen atoms in total. The number of fused-ring (bicyclic) bond motifs is 1. The third-order valence-electron chi connectivity index (χ3n) is 5.75. The van der Waals surface area contributed by atoms with E-state index in [0.29, 0.717) is 6.42 Å². The highest BCUT2D eigenvalue weighted by atomic mass is 16.1. The molecule has 1 fully saturated rings. The minimum Gasteiger partial charge on any atom is -0.326 e. The van der Waals surface area contributed by atoms with Crippen molar-refractivity contribution >= 4 is 22.4 Å². The molecule has 4 heteroatoms. The minimum atomic E-state index is 0.115. The van der Waals surface area contributed by atoms with Crippen molar-refractivity contribution in [3.63, 3.8) is 0 Å². The van der Waals surface area contributed by atoms with Gasteiger partial charge in [-0.3, -0.25) is 4.79 Å². The van der Waals surface area contributed by atoms with E-state index in [2.05, 4.69) is 47.8 Å². The molecule has 3 N–H and O–H groups in total. The van der Waals surface area contributed by atoms with Gasteiger partial charge in [-0.05, 0) is 22.9 Å². The van der Waals surface area contributed by atoms with Crippen molar-refractivity contribution < 1.29 is 14.6 Å². The Morgan fingerprint density at radius 1 is 0.786 bits per heavy atom. The number of piperazine rings is 1. The number of benzene rings is 3. The molecule has 1 amide bonds. The van der Waals surface area contributed by atoms with Crippen LogP contribution in [0.3, 0.4) is 0 Å². The number of rotatable bonds is 6. The molecule has 0 aromatic heterocycles. The Morgan fingerprint density at radius 2 is 1.46 bits per heavy atom. The third-order valence-corrected chi connectivity index (χ3v) is 5.75. The Kier molecular flexibility index (Phi) is 6.00. The lowest BCUT2D eigenvalue weighted by atomic mass is 10.0. The van der Waals surface area contributed by atoms with Crippen LogP contribution in [0.5, 0.6) is 0 Å². The highest BCUT2D eigenvalue weighted by Crippen LogP contribution is 2.17. The SMILES string of the molecule is O=C(CC[NH+]1CC[NH+](Cc2cccc3ccccc23)CC1)Nc1ccccc1. The monoisotopic (exact) mass is 375 g/mol. The summed E-state index contributed by atoms with van der Waals surface area (Å²) >= 11 is 0. The maximum atomic E-state index is 12.2. The predicted octanol–water partition coefficient (Wildman–Crippen LogP) is 1.15. The number of carbonyl (C=O) groups is 1. The molecule has 28 heavy (non-hydrogen) atoms. The van der Waals surface area contributed by atoms with Crippen LogP contribution in [-0.4, -0.2) is 38.6 Å². The normalized spacial score (nSPS) is 19.4. The number of quaternary nitrogens is 2. The lowest BCUT2D eigenvalue weighted by Gasteiger charge is -2.30. The first-order valence-corrected chi connectivity index (χ1v) is 10.3. The van der Waals surface area contributed by atoms with Crippen LogP contribution in [0, 0.1) is 0 Å². The fourth-order valence-electron chi connectivity index (χ4n) is 4.14. The predicted molar refractivity (Wildman–Crippen MR) is 114 cm³/mol. The molecule has 1 aliphatic rings. The maximum absolute atomic E-state index is 12.2. The number of hydrogen-bond acceptors (Lipinski definition) is 1. The molecule has 0 aliphatic carbocycles. The van der Waals surface area contributed by atoms with Gasteiger partial charge in [0, 0.05) is 11.3 Å². The molecule has 0 atom stereocenters. The average molecular weight is 376 g/mol. The van der Waals surface area contributed by atoms with Crippen LogP contribution in [0.15, 0.2) is 72.8 Å². The van der Waals surface area contributed by atoms with Crippen molar-refractivity contribution in [2.45, 2.75) is 13.0 Å². The van der Waals surface area contributed by atoms with Gasteiger partial charge in [0.1, 0.15) is 32.7 Å². The molecule has 1 heterocycles. The summed E-state index contributed by atoms with van der Waals surface area (Å²) < 4.78 is 0. The molecule has 1 aliphatic heterocycles. The summed E-state index contributed by atoms with van der Waals surface area (Å²) in [6, 6.07) is 25.0. The molecule has 3 aromatic rings. The van der Waals surface area contributed by atoms with E-state index in [1.807, 2.05) is 30.3 Å². The Hall–Kier alpha value is -2.69. The number of hydrogen-bond donors (Lipinski definition) is 3. The molecule has 0 unspecified atom stereocenters. The Bertz CT molecular complexity index is 912. The van der Waals surface area contributed by atoms with E-state index < -0.39 is 0 Å². The van der Waals surface area contributed by atoms with Gasteiger partial charge in [-0.25, -0.2) is 0 Å². The van der Waals surface area contributed by atoms with Crippen molar-refractivity contribution in [1.82, 2.24) is 0 Å². The Balaban J connectivity index is 1.24. The van der Waals surface area contributed by atoms with E-state index in [0.717, 1.165) is 31.9 Å². The first kappa shape index (κ1) is 18.7. The van der Waals surface area contributed by atoms with E-state index in [-0.39, 0.29) is 5.91 Å². The van der Waals surface area contributed by atoms with Gasteiger partial charge in [0.2, 0.25) is 5.91 Å². The number of para-hydroxylation sites is 1. The summed E-state index contributed by atoms with van der Waals surface area (Å²) in [5, 5.41) is 5.69. The van der Waals surface area contributed by atoms with Gasteiger partial charge >= 0.3 is 0 Å². The topological polar surface area (TPSA) is 38.0 Å². The van der Waals surface area contributed by atoms with Crippen LogP contribution in [0.1, 0.15) is 12.0 Å². The van der Waals surface area contributed by atoms with Crippen molar-refractivity contribution in [3.8, 4) is 0 Å². The van der Waals surface area contributed by atoms with Crippen LogP contribution in [-0.2, 0) is 11.3 Å². The van der Waals surface area contributed by atoms with Crippen LogP contribution < -0.4 is 15.1 Å². The average Bonchev–Trinajstić information content (AvgIpc) is 2.74. The number of carbonyl (C=O) groups excluding carboxylic acids is 1. The second-order valence-corrected chi connectivity index (χ2v) is 7.73. The molecular formula is C24H29N3O+2. The van der Waals surface area contributed by atoms with E-state index >= 15 is 0 Å². The molecule has 0 saturated carbocycles. The van der Waals surface area contributed by atoms with Gasteiger partial charge in [-0.2, -0.15) is 0 Å². The molecular weight excluding hydrogens is 346 g/mol. The molecule has 4 rings (SSSR count). The fraction of sp³-hybridized carbons (Fsp3) is 0.292. The van der Waals surface area contributed by atoms with Gasteiger partial charge in [0.25, 0.3) is 0 Å². The van der Waals surface area contributed by atoms with Crippen molar-refractivity contribution in [1.29, 1.82) is 0 Å². The lowest BCUT2D eigenvalue weighted by Crippen LogP contribution is -3.27. The zero-order valence-corrected chi connectivity index (χ0v) is 16.3. The first-order chi connectivity index (χ1) is 13.8. The summed E-state index contributed by atoms with van der Waals surface area (Å²) in [4.78, 5) is 15.3. The summed E-state index contributed by atoms with van der Waals surface area (Å²) in [6.07, 6.45) is 0.586. The molecule has 0 bridgehead atoms. The summed E-state index contributed by atoms with van der Waals surface area (Å²) in [5.41, 5.74) is 2.32. The molecule has 1 saturated heterocycles. The third kappa shape index (κ3) is 4.77. The molecule has 0 radical (unpaired) electrons. The van der Waals surface area contributed by atoms with Crippen LogP contribution in [0.2, 0.25) is 0 Å². The largest absolute Gasteiger partial charge is 0.326 e. The fourth-order valence-corrected chi connectivity index (χ4v) is 4.14. The van der Waals surface area contributed by atoms with E-state index in [1.54, 1.807) is 9.80 Å².